The topological polar surface area (TPSA) is 71.3 Å². The van der Waals surface area contributed by atoms with E-state index in [0.29, 0.717) is 23.5 Å². The monoisotopic (exact) mass is 358 g/mol. The highest BCUT2D eigenvalue weighted by molar-refractivity contribution is 6.06. The summed E-state index contributed by atoms with van der Waals surface area (Å²) in [6, 6.07) is 1.88. The summed E-state index contributed by atoms with van der Waals surface area (Å²) in [5.41, 5.74) is 2.62. The van der Waals surface area contributed by atoms with Crippen LogP contribution in [0.2, 0.25) is 0 Å². The number of carbonyl (C=O) groups is 1. The molecule has 1 aliphatic rings. The van der Waals surface area contributed by atoms with Gasteiger partial charge in [0.1, 0.15) is 0 Å². The average molecular weight is 358 g/mol. The molecule has 1 saturated heterocycles. The predicted octanol–water partition coefficient (Wildman–Crippen LogP) is 3.65. The van der Waals surface area contributed by atoms with E-state index in [2.05, 4.69) is 34.2 Å². The highest BCUT2D eigenvalue weighted by Gasteiger charge is 2.19. The molecule has 3 heterocycles. The first-order valence-corrected chi connectivity index (χ1v) is 9.83. The summed E-state index contributed by atoms with van der Waals surface area (Å²) in [6.45, 7) is 10.1. The molecular weight excluding hydrogens is 328 g/mol. The van der Waals surface area contributed by atoms with E-state index in [9.17, 15) is 4.79 Å². The Labute approximate surface area is 155 Å². The summed E-state index contributed by atoms with van der Waals surface area (Å²) in [5.74, 6) is 0.154. The largest absolute Gasteiger partial charge is 0.352 e. The van der Waals surface area contributed by atoms with Gasteiger partial charge in [0.15, 0.2) is 0 Å². The van der Waals surface area contributed by atoms with Crippen LogP contribution in [0.5, 0.6) is 0 Å². The Morgan fingerprint density at radius 1 is 1.27 bits per heavy atom. The number of nitrogens with zero attached hydrogens (tertiary/aromatic N) is 3. The van der Waals surface area contributed by atoms with Crippen LogP contribution in [0.1, 0.15) is 73.6 Å². The Morgan fingerprint density at radius 2 is 2.00 bits per heavy atom. The van der Waals surface area contributed by atoms with Crippen molar-refractivity contribution in [2.45, 2.75) is 58.8 Å². The molecule has 3 rings (SSSR count). The summed E-state index contributed by atoms with van der Waals surface area (Å²) < 4.78 is 5.30. The molecule has 2 aromatic heterocycles. The summed E-state index contributed by atoms with van der Waals surface area (Å²) in [4.78, 5) is 19.8. The van der Waals surface area contributed by atoms with Crippen LogP contribution in [-0.2, 0) is 0 Å². The zero-order valence-corrected chi connectivity index (χ0v) is 16.2. The fraction of sp³-hybridized carbons (Fsp3) is 0.650. The number of nitrogens with one attached hydrogen (secondary N) is 1. The zero-order chi connectivity index (χ0) is 18.5. The minimum Gasteiger partial charge on any atom is -0.352 e. The third-order valence-corrected chi connectivity index (χ3v) is 5.11. The SMILES string of the molecule is Cc1noc2nc(C(C)C)cc(C(=O)NCCCN3CCCCCC3)c12. The van der Waals surface area contributed by atoms with Crippen LogP contribution in [0.4, 0.5) is 0 Å². The molecule has 1 aliphatic heterocycles. The number of pyridine rings is 1. The fourth-order valence-electron chi connectivity index (χ4n) is 3.55. The van der Waals surface area contributed by atoms with Gasteiger partial charge in [0.05, 0.1) is 16.6 Å². The lowest BCUT2D eigenvalue weighted by atomic mass is 10.0. The molecule has 0 aliphatic carbocycles. The first-order valence-electron chi connectivity index (χ1n) is 9.83. The molecule has 6 heteroatoms. The second-order valence-corrected chi connectivity index (χ2v) is 7.56. The second-order valence-electron chi connectivity index (χ2n) is 7.56. The molecular formula is C20H30N4O2. The number of aryl methyl sites for hydroxylation is 1. The summed E-state index contributed by atoms with van der Waals surface area (Å²) in [5, 5.41) is 7.77. The van der Waals surface area contributed by atoms with Gasteiger partial charge in [-0.05, 0) is 57.8 Å². The summed E-state index contributed by atoms with van der Waals surface area (Å²) in [6.07, 6.45) is 6.26. The van der Waals surface area contributed by atoms with Crippen LogP contribution < -0.4 is 5.32 Å². The van der Waals surface area contributed by atoms with Gasteiger partial charge >= 0.3 is 0 Å². The van der Waals surface area contributed by atoms with Crippen LogP contribution >= 0.6 is 0 Å². The molecule has 0 bridgehead atoms. The van der Waals surface area contributed by atoms with Gasteiger partial charge in [-0.3, -0.25) is 4.79 Å². The first kappa shape index (κ1) is 18.8. The van der Waals surface area contributed by atoms with E-state index < -0.39 is 0 Å². The van der Waals surface area contributed by atoms with Crippen LogP contribution in [0.15, 0.2) is 10.6 Å². The molecule has 1 fully saturated rings. The van der Waals surface area contributed by atoms with Crippen molar-refractivity contribution in [2.24, 2.45) is 0 Å². The van der Waals surface area contributed by atoms with Crippen LogP contribution in [0.3, 0.4) is 0 Å². The minimum atomic E-state index is -0.0681. The Morgan fingerprint density at radius 3 is 2.69 bits per heavy atom. The Balaban J connectivity index is 1.62. The molecule has 26 heavy (non-hydrogen) atoms. The Bertz CT molecular complexity index is 746. The van der Waals surface area contributed by atoms with Gasteiger partial charge in [-0.15, -0.1) is 0 Å². The van der Waals surface area contributed by atoms with E-state index in [1.807, 2.05) is 13.0 Å². The number of aromatic nitrogens is 2. The number of rotatable bonds is 6. The van der Waals surface area contributed by atoms with Crippen molar-refractivity contribution < 1.29 is 9.32 Å². The Hall–Kier alpha value is -1.95. The molecule has 0 aromatic carbocycles. The molecule has 0 atom stereocenters. The highest BCUT2D eigenvalue weighted by Crippen LogP contribution is 2.25. The Kier molecular flexibility index (Phi) is 6.25. The lowest BCUT2D eigenvalue weighted by Crippen LogP contribution is -2.30. The number of hydrogen-bond donors (Lipinski definition) is 1. The van der Waals surface area contributed by atoms with Gasteiger partial charge in [0.25, 0.3) is 11.6 Å². The third kappa shape index (κ3) is 4.41. The van der Waals surface area contributed by atoms with Crippen LogP contribution in [0, 0.1) is 6.92 Å². The number of fused-ring (bicyclic) bond motifs is 1. The second kappa shape index (κ2) is 8.62. The van der Waals surface area contributed by atoms with Crippen LogP contribution in [0.25, 0.3) is 11.1 Å². The molecule has 0 radical (unpaired) electrons. The van der Waals surface area contributed by atoms with E-state index >= 15 is 0 Å². The number of amides is 1. The van der Waals surface area contributed by atoms with Crippen molar-refractivity contribution in [1.82, 2.24) is 20.4 Å². The highest BCUT2D eigenvalue weighted by atomic mass is 16.5. The van der Waals surface area contributed by atoms with Crippen molar-refractivity contribution in [2.75, 3.05) is 26.2 Å². The molecule has 6 nitrogen and oxygen atoms in total. The summed E-state index contributed by atoms with van der Waals surface area (Å²) in [7, 11) is 0. The van der Waals surface area contributed by atoms with Gasteiger partial charge in [-0.2, -0.15) is 0 Å². The molecule has 1 N–H and O–H groups in total. The number of hydrogen-bond acceptors (Lipinski definition) is 5. The molecule has 0 spiro atoms. The zero-order valence-electron chi connectivity index (χ0n) is 16.2. The summed E-state index contributed by atoms with van der Waals surface area (Å²) >= 11 is 0. The lowest BCUT2D eigenvalue weighted by Gasteiger charge is -2.19. The van der Waals surface area contributed by atoms with Gasteiger partial charge in [0.2, 0.25) is 0 Å². The maximum atomic E-state index is 12.8. The standard InChI is InChI=1S/C20H30N4O2/c1-14(2)17-13-16(18-15(3)23-26-20(18)22-17)19(25)21-9-8-12-24-10-6-4-5-7-11-24/h13-14H,4-12H2,1-3H3,(H,21,25). The third-order valence-electron chi connectivity index (χ3n) is 5.11. The van der Waals surface area contributed by atoms with Crippen molar-refractivity contribution >= 4 is 17.0 Å². The van der Waals surface area contributed by atoms with Crippen molar-refractivity contribution in [3.63, 3.8) is 0 Å². The maximum absolute atomic E-state index is 12.8. The molecule has 0 saturated carbocycles. The minimum absolute atomic E-state index is 0.0681. The van der Waals surface area contributed by atoms with E-state index in [4.69, 9.17) is 4.52 Å². The normalized spacial score (nSPS) is 16.2. The maximum Gasteiger partial charge on any atom is 0.259 e. The van der Waals surface area contributed by atoms with E-state index in [0.717, 1.165) is 24.0 Å². The number of likely N-dealkylation sites (tertiary alicyclic amines) is 1. The van der Waals surface area contributed by atoms with Crippen molar-refractivity contribution in [3.05, 3.63) is 23.0 Å². The molecule has 1 amide bonds. The van der Waals surface area contributed by atoms with Gasteiger partial charge < -0.3 is 14.7 Å². The van der Waals surface area contributed by atoms with Crippen molar-refractivity contribution in [3.8, 4) is 0 Å². The predicted molar refractivity (Wildman–Crippen MR) is 102 cm³/mol. The number of carbonyl (C=O) groups excluding carboxylic acids is 1. The van der Waals surface area contributed by atoms with Gasteiger partial charge in [0, 0.05) is 12.2 Å². The van der Waals surface area contributed by atoms with E-state index in [-0.39, 0.29) is 11.8 Å². The van der Waals surface area contributed by atoms with E-state index in [1.165, 1.54) is 38.8 Å². The molecule has 142 valence electrons. The quantitative estimate of drug-likeness (QED) is 0.798. The molecule has 2 aromatic rings. The van der Waals surface area contributed by atoms with E-state index in [1.54, 1.807) is 0 Å². The average Bonchev–Trinajstić information content (AvgIpc) is 2.84. The first-order chi connectivity index (χ1) is 12.6. The smallest absolute Gasteiger partial charge is 0.259 e. The lowest BCUT2D eigenvalue weighted by molar-refractivity contribution is 0.0953. The van der Waals surface area contributed by atoms with Gasteiger partial charge in [-0.25, -0.2) is 4.98 Å². The van der Waals surface area contributed by atoms with Crippen LogP contribution in [-0.4, -0.2) is 47.1 Å². The fourth-order valence-corrected chi connectivity index (χ4v) is 3.55. The van der Waals surface area contributed by atoms with Crippen molar-refractivity contribution in [1.29, 1.82) is 0 Å². The molecule has 0 unspecified atom stereocenters. The van der Waals surface area contributed by atoms with Gasteiger partial charge in [-0.1, -0.05) is 31.8 Å².